The highest BCUT2D eigenvalue weighted by atomic mass is 35.5. The van der Waals surface area contributed by atoms with Gasteiger partial charge in [0, 0.05) is 0 Å². The second-order valence-corrected chi connectivity index (χ2v) is 2.55. The molecule has 0 atom stereocenters. The fourth-order valence-electron chi connectivity index (χ4n) is 0.523. The summed E-state index contributed by atoms with van der Waals surface area (Å²) >= 11 is 5.24. The SMILES string of the molecule is NC1(Cl)C(=O)NC(=O)NC1=O. The number of carbonyl (C=O) groups is 3. The number of alkyl halides is 1. The van der Waals surface area contributed by atoms with E-state index >= 15 is 0 Å². The number of urea groups is 1. The molecule has 6 nitrogen and oxygen atoms in total. The Hall–Kier alpha value is -1.14. The quantitative estimate of drug-likeness (QED) is 0.232. The molecule has 0 aromatic heterocycles. The van der Waals surface area contributed by atoms with Crippen LogP contribution in [0.15, 0.2) is 0 Å². The Bertz CT molecular complexity index is 227. The zero-order chi connectivity index (χ0) is 8.65. The normalized spacial score (nSPS) is 22.5. The molecule has 0 saturated carbocycles. The first-order valence-corrected chi connectivity index (χ1v) is 2.97. The van der Waals surface area contributed by atoms with Crippen molar-refractivity contribution in [3.05, 3.63) is 0 Å². The van der Waals surface area contributed by atoms with Crippen molar-refractivity contribution in [2.24, 2.45) is 5.73 Å². The lowest BCUT2D eigenvalue weighted by Crippen LogP contribution is -2.68. The van der Waals surface area contributed by atoms with Crippen LogP contribution in [-0.2, 0) is 9.59 Å². The Labute approximate surface area is 66.1 Å². The Morgan fingerprint density at radius 3 is 1.91 bits per heavy atom. The maximum absolute atomic E-state index is 10.7. The molecule has 0 spiro atoms. The van der Waals surface area contributed by atoms with Gasteiger partial charge in [0.05, 0.1) is 0 Å². The number of imide groups is 2. The van der Waals surface area contributed by atoms with Crippen LogP contribution in [0, 0.1) is 0 Å². The highest BCUT2D eigenvalue weighted by Gasteiger charge is 2.45. The van der Waals surface area contributed by atoms with E-state index in [1.807, 2.05) is 0 Å². The average molecular weight is 178 g/mol. The van der Waals surface area contributed by atoms with E-state index in [0.717, 1.165) is 0 Å². The van der Waals surface area contributed by atoms with Gasteiger partial charge < -0.3 is 0 Å². The summed E-state index contributed by atoms with van der Waals surface area (Å²) in [5, 5.41) is 3.47. The first kappa shape index (κ1) is 7.96. The fourth-order valence-corrected chi connectivity index (χ4v) is 0.617. The molecule has 0 radical (unpaired) electrons. The zero-order valence-corrected chi connectivity index (χ0v) is 5.94. The highest BCUT2D eigenvalue weighted by Crippen LogP contribution is 2.09. The third-order valence-corrected chi connectivity index (χ3v) is 1.46. The zero-order valence-electron chi connectivity index (χ0n) is 5.18. The first-order chi connectivity index (χ1) is 4.94. The first-order valence-electron chi connectivity index (χ1n) is 2.59. The molecule has 0 bridgehead atoms. The molecule has 1 saturated heterocycles. The minimum atomic E-state index is -2.17. The van der Waals surface area contributed by atoms with Crippen LogP contribution < -0.4 is 16.4 Å². The Kier molecular flexibility index (Phi) is 1.57. The van der Waals surface area contributed by atoms with E-state index in [-0.39, 0.29) is 0 Å². The van der Waals surface area contributed by atoms with E-state index in [9.17, 15) is 14.4 Å². The van der Waals surface area contributed by atoms with Crippen molar-refractivity contribution in [3.63, 3.8) is 0 Å². The predicted molar refractivity (Wildman–Crippen MR) is 34.5 cm³/mol. The predicted octanol–water partition coefficient (Wildman–Crippen LogP) is -1.75. The van der Waals surface area contributed by atoms with Gasteiger partial charge in [0.15, 0.2) is 0 Å². The number of amides is 4. The maximum atomic E-state index is 10.7. The van der Waals surface area contributed by atoms with E-state index in [0.29, 0.717) is 0 Å². The fraction of sp³-hybridized carbons (Fsp3) is 0.250. The van der Waals surface area contributed by atoms with E-state index in [4.69, 9.17) is 17.3 Å². The summed E-state index contributed by atoms with van der Waals surface area (Å²) in [6.07, 6.45) is 0. The second kappa shape index (κ2) is 2.18. The molecule has 1 aliphatic rings. The molecule has 4 N–H and O–H groups in total. The van der Waals surface area contributed by atoms with Gasteiger partial charge in [-0.25, -0.2) is 4.79 Å². The van der Waals surface area contributed by atoms with E-state index in [1.165, 1.54) is 0 Å². The topological polar surface area (TPSA) is 101 Å². The second-order valence-electron chi connectivity index (χ2n) is 1.95. The van der Waals surface area contributed by atoms with Crippen LogP contribution in [0.3, 0.4) is 0 Å². The number of barbiturate groups is 1. The number of hydrogen-bond acceptors (Lipinski definition) is 4. The summed E-state index contributed by atoms with van der Waals surface area (Å²) in [6, 6.07) is -0.915. The molecule has 1 fully saturated rings. The van der Waals surface area contributed by atoms with Crippen LogP contribution in [0.4, 0.5) is 4.79 Å². The molecular weight excluding hydrogens is 174 g/mol. The van der Waals surface area contributed by atoms with Crippen LogP contribution in [0.2, 0.25) is 0 Å². The molecule has 0 aromatic rings. The number of halogens is 1. The van der Waals surface area contributed by atoms with Gasteiger partial charge >= 0.3 is 6.03 Å². The number of nitrogens with two attached hydrogens (primary N) is 1. The Balaban J connectivity index is 2.93. The van der Waals surface area contributed by atoms with Gasteiger partial charge in [0.1, 0.15) is 0 Å². The van der Waals surface area contributed by atoms with Gasteiger partial charge in [-0.3, -0.25) is 26.0 Å². The van der Waals surface area contributed by atoms with Crippen molar-refractivity contribution in [2.45, 2.75) is 5.00 Å². The molecule has 1 heterocycles. The van der Waals surface area contributed by atoms with E-state index in [1.54, 1.807) is 10.6 Å². The van der Waals surface area contributed by atoms with Crippen LogP contribution >= 0.6 is 11.6 Å². The summed E-state index contributed by atoms with van der Waals surface area (Å²) in [6.45, 7) is 0. The summed E-state index contributed by atoms with van der Waals surface area (Å²) in [7, 11) is 0. The minimum Gasteiger partial charge on any atom is -0.297 e. The third kappa shape index (κ3) is 1.17. The molecule has 0 aromatic carbocycles. The van der Waals surface area contributed by atoms with Gasteiger partial charge in [-0.15, -0.1) is 0 Å². The van der Waals surface area contributed by atoms with Crippen molar-refractivity contribution >= 4 is 29.4 Å². The van der Waals surface area contributed by atoms with Gasteiger partial charge in [-0.2, -0.15) is 0 Å². The lowest BCUT2D eigenvalue weighted by molar-refractivity contribution is -0.133. The van der Waals surface area contributed by atoms with E-state index in [2.05, 4.69) is 0 Å². The largest absolute Gasteiger partial charge is 0.328 e. The molecule has 0 aliphatic carbocycles. The standard InChI is InChI=1S/C4H4ClN3O3/c5-4(6)1(9)7-3(11)8-2(4)10/h6H2,(H2,7,8,9,10,11). The molecule has 0 unspecified atom stereocenters. The van der Waals surface area contributed by atoms with Crippen molar-refractivity contribution in [1.82, 2.24) is 10.6 Å². The Morgan fingerprint density at radius 1 is 1.18 bits per heavy atom. The van der Waals surface area contributed by atoms with Crippen LogP contribution in [0.25, 0.3) is 0 Å². The van der Waals surface area contributed by atoms with Crippen molar-refractivity contribution in [2.75, 3.05) is 0 Å². The summed E-state index contributed by atoms with van der Waals surface area (Å²) in [5.74, 6) is -2.04. The third-order valence-electron chi connectivity index (χ3n) is 1.12. The number of carbonyl (C=O) groups excluding carboxylic acids is 3. The number of hydrogen-bond donors (Lipinski definition) is 3. The molecule has 60 valence electrons. The van der Waals surface area contributed by atoms with Crippen LogP contribution in [-0.4, -0.2) is 22.8 Å². The van der Waals surface area contributed by atoms with E-state index < -0.39 is 22.8 Å². The van der Waals surface area contributed by atoms with Gasteiger partial charge in [-0.1, -0.05) is 11.6 Å². The molecule has 11 heavy (non-hydrogen) atoms. The number of rotatable bonds is 0. The smallest absolute Gasteiger partial charge is 0.297 e. The van der Waals surface area contributed by atoms with Gasteiger partial charge in [0.25, 0.3) is 16.8 Å². The average Bonchev–Trinajstić information content (AvgIpc) is 1.84. The van der Waals surface area contributed by atoms with Crippen molar-refractivity contribution in [1.29, 1.82) is 0 Å². The van der Waals surface area contributed by atoms with Gasteiger partial charge in [0.2, 0.25) is 0 Å². The lowest BCUT2D eigenvalue weighted by Gasteiger charge is -2.23. The molecule has 1 aliphatic heterocycles. The monoisotopic (exact) mass is 177 g/mol. The summed E-state index contributed by atoms with van der Waals surface area (Å²) < 4.78 is 0. The minimum absolute atomic E-state index is 0.915. The van der Waals surface area contributed by atoms with Crippen LogP contribution in [0.1, 0.15) is 0 Å². The number of nitrogens with one attached hydrogen (secondary N) is 2. The van der Waals surface area contributed by atoms with Gasteiger partial charge in [-0.05, 0) is 0 Å². The molecular formula is C4H4ClN3O3. The molecule has 4 amide bonds. The molecule has 1 rings (SSSR count). The Morgan fingerprint density at radius 2 is 1.55 bits per heavy atom. The van der Waals surface area contributed by atoms with Crippen LogP contribution in [0.5, 0.6) is 0 Å². The summed E-state index contributed by atoms with van der Waals surface area (Å²) in [5.41, 5.74) is 5.02. The van der Waals surface area contributed by atoms with Crippen molar-refractivity contribution in [3.8, 4) is 0 Å². The summed E-state index contributed by atoms with van der Waals surface area (Å²) in [4.78, 5) is 29.6. The van der Waals surface area contributed by atoms with Crippen molar-refractivity contribution < 1.29 is 14.4 Å². The maximum Gasteiger partial charge on any atom is 0.328 e. The lowest BCUT2D eigenvalue weighted by atomic mass is 10.2. The molecule has 7 heteroatoms. The highest BCUT2D eigenvalue weighted by molar-refractivity contribution is 6.48.